The van der Waals surface area contributed by atoms with Crippen molar-refractivity contribution in [1.29, 1.82) is 0 Å². The Balaban J connectivity index is 1.39. The van der Waals surface area contributed by atoms with Gasteiger partial charge in [-0.25, -0.2) is 17.9 Å². The van der Waals surface area contributed by atoms with Gasteiger partial charge in [-0.3, -0.25) is 4.79 Å². The van der Waals surface area contributed by atoms with Crippen molar-refractivity contribution >= 4 is 21.6 Å². The molecule has 1 unspecified atom stereocenters. The number of nitrogens with zero attached hydrogens (tertiary/aromatic N) is 4. The number of ketones is 1. The van der Waals surface area contributed by atoms with E-state index in [9.17, 15) is 18.0 Å². The highest BCUT2D eigenvalue weighted by atomic mass is 32.2. The number of aryl methyl sites for hydroxylation is 1. The fourth-order valence-corrected chi connectivity index (χ4v) is 5.82. The summed E-state index contributed by atoms with van der Waals surface area (Å²) in [5.74, 6) is -0.853. The van der Waals surface area contributed by atoms with E-state index >= 15 is 0 Å². The van der Waals surface area contributed by atoms with Crippen molar-refractivity contribution in [3.05, 3.63) is 70.8 Å². The van der Waals surface area contributed by atoms with Crippen molar-refractivity contribution in [2.24, 2.45) is 0 Å². The maximum atomic E-state index is 12.7. The molecule has 2 aromatic heterocycles. The molecule has 0 spiro atoms. The van der Waals surface area contributed by atoms with Gasteiger partial charge in [-0.15, -0.1) is 5.10 Å². The van der Waals surface area contributed by atoms with Crippen molar-refractivity contribution in [2.75, 3.05) is 18.1 Å². The minimum atomic E-state index is -3.05. The molecule has 1 aromatic carbocycles. The first-order valence-electron chi connectivity index (χ1n) is 10.3. The third kappa shape index (κ3) is 4.64. The predicted molar refractivity (Wildman–Crippen MR) is 116 cm³/mol. The summed E-state index contributed by atoms with van der Waals surface area (Å²) in [5.41, 5.74) is 2.95. The lowest BCUT2D eigenvalue weighted by Crippen LogP contribution is -2.17. The molecule has 32 heavy (non-hydrogen) atoms. The number of sulfone groups is 1. The van der Waals surface area contributed by atoms with Crippen LogP contribution in [-0.4, -0.2) is 57.8 Å². The lowest BCUT2D eigenvalue weighted by atomic mass is 10.1. The molecule has 1 fully saturated rings. The summed E-state index contributed by atoms with van der Waals surface area (Å²) in [6.07, 6.45) is 2.01. The molecule has 9 nitrogen and oxygen atoms in total. The molecule has 0 saturated carbocycles. The zero-order valence-corrected chi connectivity index (χ0v) is 18.7. The molecule has 1 atom stereocenters. The number of esters is 1. The summed E-state index contributed by atoms with van der Waals surface area (Å²) < 4.78 is 32.3. The van der Waals surface area contributed by atoms with Gasteiger partial charge in [-0.2, -0.15) is 0 Å². The molecule has 168 valence electrons. The maximum absolute atomic E-state index is 12.7. The van der Waals surface area contributed by atoms with Gasteiger partial charge in [-0.1, -0.05) is 35.5 Å². The Bertz CT molecular complexity index is 1260. The number of hydrogen-bond donors (Lipinski definition) is 0. The van der Waals surface area contributed by atoms with E-state index < -0.39 is 22.4 Å². The number of carbonyl (C=O) groups is 2. The number of ether oxygens (including phenoxy) is 1. The van der Waals surface area contributed by atoms with Gasteiger partial charge >= 0.3 is 5.97 Å². The smallest absolute Gasteiger partial charge is 0.360 e. The van der Waals surface area contributed by atoms with Gasteiger partial charge in [0.15, 0.2) is 22.1 Å². The molecule has 1 aliphatic heterocycles. The monoisotopic (exact) mass is 456 g/mol. The van der Waals surface area contributed by atoms with Crippen LogP contribution in [0.2, 0.25) is 0 Å². The molecule has 3 aromatic rings. The van der Waals surface area contributed by atoms with Gasteiger partial charge in [-0.05, 0) is 31.9 Å². The summed E-state index contributed by atoms with van der Waals surface area (Å²) in [6.45, 7) is 3.65. The lowest BCUT2D eigenvalue weighted by molar-refractivity contribution is 0.0468. The van der Waals surface area contributed by atoms with E-state index in [2.05, 4.69) is 10.3 Å². The molecule has 1 aliphatic rings. The van der Waals surface area contributed by atoms with Crippen LogP contribution in [0.25, 0.3) is 0 Å². The average molecular weight is 457 g/mol. The van der Waals surface area contributed by atoms with Crippen molar-refractivity contribution in [3.8, 4) is 0 Å². The third-order valence-electron chi connectivity index (χ3n) is 5.63. The van der Waals surface area contributed by atoms with Crippen molar-refractivity contribution < 1.29 is 22.7 Å². The van der Waals surface area contributed by atoms with Crippen molar-refractivity contribution in [2.45, 2.75) is 32.9 Å². The van der Waals surface area contributed by atoms with E-state index in [0.717, 1.165) is 11.3 Å². The quantitative estimate of drug-likeness (QED) is 0.395. The molecule has 0 N–H and O–H groups in total. The molecular formula is C22H24N4O5S. The number of rotatable bonds is 7. The number of Topliss-reactive ketones (excluding diaryl/α,β-unsaturated/α-hetero) is 1. The fraction of sp³-hybridized carbons (Fsp3) is 0.364. The third-order valence-corrected chi connectivity index (χ3v) is 7.38. The molecule has 0 amide bonds. The second-order valence-corrected chi connectivity index (χ2v) is 10.2. The predicted octanol–water partition coefficient (Wildman–Crippen LogP) is 2.14. The summed E-state index contributed by atoms with van der Waals surface area (Å²) >= 11 is 0. The minimum absolute atomic E-state index is 0.0235. The number of aromatic nitrogens is 4. The lowest BCUT2D eigenvalue weighted by Gasteiger charge is -2.16. The Morgan fingerprint density at radius 1 is 1.19 bits per heavy atom. The van der Waals surface area contributed by atoms with Gasteiger partial charge in [0.05, 0.1) is 24.2 Å². The molecular weight excluding hydrogens is 432 g/mol. The van der Waals surface area contributed by atoms with Crippen molar-refractivity contribution in [3.63, 3.8) is 0 Å². The van der Waals surface area contributed by atoms with E-state index in [-0.39, 0.29) is 29.0 Å². The molecule has 3 heterocycles. The molecule has 0 bridgehead atoms. The second-order valence-electron chi connectivity index (χ2n) is 8.00. The standard InChI is InChI=1S/C22H24N4O5S/c1-15-10-19(16(2)26(15)18-8-9-32(29,30)14-18)21(27)13-31-22(28)20-12-25(24-23-20)11-17-6-4-3-5-7-17/h3-7,10,12,18H,8-9,11,13-14H2,1-2H3. The Labute approximate surface area is 185 Å². The van der Waals surface area contributed by atoms with Crippen LogP contribution in [0.4, 0.5) is 0 Å². The highest BCUT2D eigenvalue weighted by Gasteiger charge is 2.31. The van der Waals surface area contributed by atoms with Crippen LogP contribution < -0.4 is 0 Å². The Kier molecular flexibility index (Phi) is 5.96. The SMILES string of the molecule is Cc1cc(C(=O)COC(=O)c2cn(Cc3ccccc3)nn2)c(C)n1C1CCS(=O)(=O)C1. The summed E-state index contributed by atoms with van der Waals surface area (Å²) in [5, 5.41) is 7.76. The summed E-state index contributed by atoms with van der Waals surface area (Å²) in [7, 11) is -3.05. The van der Waals surface area contributed by atoms with E-state index in [4.69, 9.17) is 4.74 Å². The fourth-order valence-electron chi connectivity index (χ4n) is 4.12. The Morgan fingerprint density at radius 3 is 2.62 bits per heavy atom. The van der Waals surface area contributed by atoms with Gasteiger partial charge in [0, 0.05) is 23.0 Å². The van der Waals surface area contributed by atoms with Crippen LogP contribution >= 0.6 is 0 Å². The summed E-state index contributed by atoms with van der Waals surface area (Å²) in [4.78, 5) is 25.0. The first kappa shape index (κ1) is 21.9. The first-order chi connectivity index (χ1) is 15.2. The van der Waals surface area contributed by atoms with Gasteiger partial charge in [0.2, 0.25) is 5.78 Å². The van der Waals surface area contributed by atoms with E-state index in [1.54, 1.807) is 13.0 Å². The minimum Gasteiger partial charge on any atom is -0.452 e. The van der Waals surface area contributed by atoms with Gasteiger partial charge in [0.25, 0.3) is 0 Å². The molecule has 0 radical (unpaired) electrons. The highest BCUT2D eigenvalue weighted by molar-refractivity contribution is 7.91. The van der Waals surface area contributed by atoms with E-state index in [1.807, 2.05) is 41.8 Å². The number of hydrogen-bond acceptors (Lipinski definition) is 7. The van der Waals surface area contributed by atoms with Crippen LogP contribution in [0.15, 0.2) is 42.6 Å². The normalized spacial score (nSPS) is 17.4. The van der Waals surface area contributed by atoms with Gasteiger partial charge in [0.1, 0.15) is 0 Å². The molecule has 1 saturated heterocycles. The van der Waals surface area contributed by atoms with Crippen LogP contribution in [0.5, 0.6) is 0 Å². The largest absolute Gasteiger partial charge is 0.452 e. The van der Waals surface area contributed by atoms with Crippen LogP contribution in [0, 0.1) is 13.8 Å². The molecule has 0 aliphatic carbocycles. The average Bonchev–Trinajstić information content (AvgIpc) is 3.44. The summed E-state index contributed by atoms with van der Waals surface area (Å²) in [6, 6.07) is 11.2. The van der Waals surface area contributed by atoms with Crippen LogP contribution in [0.1, 0.15) is 50.3 Å². The zero-order chi connectivity index (χ0) is 22.9. The second kappa shape index (κ2) is 8.70. The van der Waals surface area contributed by atoms with E-state index in [1.165, 1.54) is 10.9 Å². The van der Waals surface area contributed by atoms with Crippen molar-refractivity contribution in [1.82, 2.24) is 19.6 Å². The molecule has 10 heteroatoms. The number of benzene rings is 1. The Morgan fingerprint density at radius 2 is 1.94 bits per heavy atom. The highest BCUT2D eigenvalue weighted by Crippen LogP contribution is 2.29. The zero-order valence-electron chi connectivity index (χ0n) is 17.9. The maximum Gasteiger partial charge on any atom is 0.360 e. The number of carbonyl (C=O) groups excluding carboxylic acids is 2. The topological polar surface area (TPSA) is 113 Å². The molecule has 4 rings (SSSR count). The van der Waals surface area contributed by atoms with E-state index in [0.29, 0.717) is 24.2 Å². The first-order valence-corrected chi connectivity index (χ1v) is 12.1. The van der Waals surface area contributed by atoms with Crippen LogP contribution in [0.3, 0.4) is 0 Å². The Hall–Kier alpha value is -3.27. The van der Waals surface area contributed by atoms with Crippen LogP contribution in [-0.2, 0) is 21.1 Å². The van der Waals surface area contributed by atoms with Gasteiger partial charge < -0.3 is 9.30 Å².